The molecule has 0 bridgehead atoms. The number of nitrogens with zero attached hydrogens (tertiary/aromatic N) is 2. The molecule has 1 aromatic rings. The molecule has 1 N–H and O–H groups in total. The summed E-state index contributed by atoms with van der Waals surface area (Å²) in [6.07, 6.45) is 5.63. The van der Waals surface area contributed by atoms with E-state index < -0.39 is 0 Å². The van der Waals surface area contributed by atoms with E-state index in [0.717, 1.165) is 43.6 Å². The van der Waals surface area contributed by atoms with Crippen molar-refractivity contribution in [3.8, 4) is 0 Å². The molecule has 0 fully saturated rings. The van der Waals surface area contributed by atoms with Crippen LogP contribution < -0.4 is 10.2 Å². The van der Waals surface area contributed by atoms with Gasteiger partial charge in [-0.05, 0) is 44.9 Å². The first-order valence-corrected chi connectivity index (χ1v) is 9.85. The van der Waals surface area contributed by atoms with Crippen molar-refractivity contribution >= 4 is 17.5 Å². The highest BCUT2D eigenvalue weighted by Crippen LogP contribution is 2.24. The number of hydrogen-bond donors (Lipinski definition) is 1. The maximum atomic E-state index is 12.3. The molecule has 1 heterocycles. The Bertz CT molecular complexity index is 601. The fourth-order valence-electron chi connectivity index (χ4n) is 3.52. The molecule has 0 saturated carbocycles. The van der Waals surface area contributed by atoms with Gasteiger partial charge in [-0.25, -0.2) is 0 Å². The fourth-order valence-corrected chi connectivity index (χ4v) is 3.52. The van der Waals surface area contributed by atoms with Crippen LogP contribution in [0.4, 0.5) is 5.69 Å². The first-order chi connectivity index (χ1) is 12.5. The predicted octanol–water partition coefficient (Wildman–Crippen LogP) is 3.33. The average Bonchev–Trinajstić information content (AvgIpc) is 2.55. The third-order valence-corrected chi connectivity index (χ3v) is 4.73. The molecule has 0 aliphatic carbocycles. The van der Waals surface area contributed by atoms with Gasteiger partial charge in [0.25, 0.3) is 0 Å². The summed E-state index contributed by atoms with van der Waals surface area (Å²) in [6.45, 7) is 8.34. The first kappa shape index (κ1) is 20.4. The van der Waals surface area contributed by atoms with Crippen molar-refractivity contribution in [3.05, 3.63) is 29.8 Å². The summed E-state index contributed by atoms with van der Waals surface area (Å²) in [5, 5.41) is 2.98. The molecule has 0 aromatic heterocycles. The molecule has 0 unspecified atom stereocenters. The minimum absolute atomic E-state index is 0.0630. The third kappa shape index (κ3) is 6.45. The van der Waals surface area contributed by atoms with Crippen molar-refractivity contribution in [2.75, 3.05) is 24.5 Å². The van der Waals surface area contributed by atoms with Crippen LogP contribution in [0, 0.1) is 0 Å². The number of nitrogens with one attached hydrogen (secondary N) is 1. The van der Waals surface area contributed by atoms with E-state index in [0.29, 0.717) is 13.1 Å². The molecule has 0 radical (unpaired) electrons. The Morgan fingerprint density at radius 3 is 2.38 bits per heavy atom. The largest absolute Gasteiger partial charge is 0.353 e. The van der Waals surface area contributed by atoms with Crippen LogP contribution in [-0.2, 0) is 16.1 Å². The molecule has 1 aromatic carbocycles. The molecular weight excluding hydrogens is 326 g/mol. The molecule has 0 atom stereocenters. The van der Waals surface area contributed by atoms with E-state index in [9.17, 15) is 9.59 Å². The maximum Gasteiger partial charge on any atom is 0.234 e. The Labute approximate surface area is 157 Å². The van der Waals surface area contributed by atoms with Gasteiger partial charge in [-0.15, -0.1) is 0 Å². The van der Waals surface area contributed by atoms with Gasteiger partial charge in [0.05, 0.1) is 6.54 Å². The van der Waals surface area contributed by atoms with E-state index >= 15 is 0 Å². The third-order valence-electron chi connectivity index (χ3n) is 4.73. The van der Waals surface area contributed by atoms with Crippen molar-refractivity contribution < 1.29 is 9.59 Å². The second-order valence-corrected chi connectivity index (χ2v) is 7.50. The Morgan fingerprint density at radius 2 is 1.69 bits per heavy atom. The Balaban J connectivity index is 2.23. The molecule has 2 rings (SSSR count). The monoisotopic (exact) mass is 359 g/mol. The van der Waals surface area contributed by atoms with Crippen LogP contribution in [0.3, 0.4) is 0 Å². The minimum atomic E-state index is 0.0630. The average molecular weight is 360 g/mol. The zero-order valence-electron chi connectivity index (χ0n) is 16.5. The van der Waals surface area contributed by atoms with E-state index in [1.807, 2.05) is 36.9 Å². The number of fused-ring (bicyclic) bond motifs is 1. The molecule has 5 nitrogen and oxygen atoms in total. The van der Waals surface area contributed by atoms with Gasteiger partial charge >= 0.3 is 0 Å². The number of carbonyl (C=O) groups excluding carboxylic acids is 2. The SMILES string of the molecule is CC(=O)N1CCCCCCCN(CC(=O)NC(C)C)Cc2ccccc21. The first-order valence-electron chi connectivity index (χ1n) is 9.85. The van der Waals surface area contributed by atoms with E-state index in [2.05, 4.69) is 16.3 Å². The van der Waals surface area contributed by atoms with Crippen molar-refractivity contribution in [1.82, 2.24) is 10.2 Å². The topological polar surface area (TPSA) is 52.7 Å². The summed E-state index contributed by atoms with van der Waals surface area (Å²) in [6, 6.07) is 8.24. The highest BCUT2D eigenvalue weighted by atomic mass is 16.2. The van der Waals surface area contributed by atoms with Gasteiger partial charge in [-0.3, -0.25) is 14.5 Å². The molecule has 2 amide bonds. The van der Waals surface area contributed by atoms with Gasteiger partial charge in [0, 0.05) is 31.7 Å². The van der Waals surface area contributed by atoms with Crippen molar-refractivity contribution in [3.63, 3.8) is 0 Å². The van der Waals surface area contributed by atoms with Gasteiger partial charge in [-0.2, -0.15) is 0 Å². The van der Waals surface area contributed by atoms with Crippen LogP contribution in [0.25, 0.3) is 0 Å². The molecule has 1 aliphatic rings. The van der Waals surface area contributed by atoms with Crippen LogP contribution in [-0.4, -0.2) is 42.4 Å². The van der Waals surface area contributed by atoms with Gasteiger partial charge in [0.1, 0.15) is 0 Å². The number of amides is 2. The van der Waals surface area contributed by atoms with Gasteiger partial charge < -0.3 is 10.2 Å². The number of benzene rings is 1. The smallest absolute Gasteiger partial charge is 0.234 e. The summed E-state index contributed by atoms with van der Waals surface area (Å²) in [7, 11) is 0. The van der Waals surface area contributed by atoms with E-state index in [4.69, 9.17) is 0 Å². The van der Waals surface area contributed by atoms with Crippen molar-refractivity contribution in [2.24, 2.45) is 0 Å². The van der Waals surface area contributed by atoms with E-state index in [1.54, 1.807) is 6.92 Å². The Hall–Kier alpha value is -1.88. The molecule has 1 aliphatic heterocycles. The summed E-state index contributed by atoms with van der Waals surface area (Å²) >= 11 is 0. The molecule has 5 heteroatoms. The molecule has 144 valence electrons. The Morgan fingerprint density at radius 1 is 1.04 bits per heavy atom. The lowest BCUT2D eigenvalue weighted by Crippen LogP contribution is -2.40. The number of para-hydroxylation sites is 1. The van der Waals surface area contributed by atoms with Crippen molar-refractivity contribution in [2.45, 2.75) is 65.5 Å². The molecule has 26 heavy (non-hydrogen) atoms. The lowest BCUT2D eigenvalue weighted by molar-refractivity contribution is -0.123. The van der Waals surface area contributed by atoms with Gasteiger partial charge in [-0.1, -0.05) is 37.5 Å². The summed E-state index contributed by atoms with van der Waals surface area (Å²) < 4.78 is 0. The normalized spacial score (nSPS) is 17.2. The lowest BCUT2D eigenvalue weighted by atomic mass is 10.1. The number of rotatable bonds is 3. The van der Waals surface area contributed by atoms with Gasteiger partial charge in [0.2, 0.25) is 11.8 Å². The van der Waals surface area contributed by atoms with Crippen molar-refractivity contribution in [1.29, 1.82) is 0 Å². The van der Waals surface area contributed by atoms with Crippen LogP contribution in [0.5, 0.6) is 0 Å². The summed E-state index contributed by atoms with van der Waals surface area (Å²) in [5.41, 5.74) is 2.09. The van der Waals surface area contributed by atoms with Gasteiger partial charge in [0.15, 0.2) is 0 Å². The van der Waals surface area contributed by atoms with Crippen LogP contribution in [0.1, 0.15) is 58.4 Å². The van der Waals surface area contributed by atoms with E-state index in [1.165, 1.54) is 12.8 Å². The molecular formula is C21H33N3O2. The predicted molar refractivity (Wildman–Crippen MR) is 106 cm³/mol. The Kier molecular flexibility index (Phi) is 8.10. The molecule has 0 spiro atoms. The number of carbonyl (C=O) groups is 2. The van der Waals surface area contributed by atoms with Crippen LogP contribution in [0.15, 0.2) is 24.3 Å². The van der Waals surface area contributed by atoms with Crippen LogP contribution in [0.2, 0.25) is 0 Å². The second-order valence-electron chi connectivity index (χ2n) is 7.50. The fraction of sp³-hybridized carbons (Fsp3) is 0.619. The molecule has 0 saturated heterocycles. The quantitative estimate of drug-likeness (QED) is 0.901. The highest BCUT2D eigenvalue weighted by Gasteiger charge is 2.19. The van der Waals surface area contributed by atoms with E-state index in [-0.39, 0.29) is 17.9 Å². The van der Waals surface area contributed by atoms with Crippen LogP contribution >= 0.6 is 0 Å². The number of anilines is 1. The summed E-state index contributed by atoms with van der Waals surface area (Å²) in [5.74, 6) is 0.145. The lowest BCUT2D eigenvalue weighted by Gasteiger charge is -2.28. The zero-order chi connectivity index (χ0) is 18.9. The highest BCUT2D eigenvalue weighted by molar-refractivity contribution is 5.92. The zero-order valence-corrected chi connectivity index (χ0v) is 16.5. The second kappa shape index (κ2) is 10.3. The maximum absolute atomic E-state index is 12.3. The number of hydrogen-bond acceptors (Lipinski definition) is 3. The minimum Gasteiger partial charge on any atom is -0.353 e. The standard InChI is InChI=1S/C21H33N3O2/c1-17(2)22-21(26)16-23-13-9-5-4-6-10-14-24(18(3)25)20-12-8-7-11-19(20)15-23/h7-8,11-12,17H,4-6,9-10,13-16H2,1-3H3,(H,22,26). The summed E-state index contributed by atoms with van der Waals surface area (Å²) in [4.78, 5) is 28.6.